The molecule has 0 saturated heterocycles. The first kappa shape index (κ1) is 18.7. The van der Waals surface area contributed by atoms with Gasteiger partial charge in [-0.25, -0.2) is 0 Å². The molecule has 0 aromatic rings. The van der Waals surface area contributed by atoms with Crippen molar-refractivity contribution in [3.05, 3.63) is 11.6 Å². The van der Waals surface area contributed by atoms with E-state index in [2.05, 4.69) is 19.9 Å². The van der Waals surface area contributed by atoms with Crippen molar-refractivity contribution < 1.29 is 14.3 Å². The average molecular weight is 361 g/mol. The molecule has 0 aromatic carbocycles. The molecule has 7 atom stereocenters. The van der Waals surface area contributed by atoms with Gasteiger partial charge in [0.2, 0.25) is 0 Å². The third kappa shape index (κ3) is 2.22. The largest absolute Gasteiger partial charge is 0.381 e. The van der Waals surface area contributed by atoms with Crippen LogP contribution >= 0.6 is 0 Å². The summed E-state index contributed by atoms with van der Waals surface area (Å²) in [4.78, 5) is 12.6. The first-order valence-electron chi connectivity index (χ1n) is 10.6. The van der Waals surface area contributed by atoms with Crippen LogP contribution in [0.25, 0.3) is 0 Å². The van der Waals surface area contributed by atoms with Gasteiger partial charge in [0, 0.05) is 19.6 Å². The molecule has 7 unspecified atom stereocenters. The summed E-state index contributed by atoms with van der Waals surface area (Å²) in [7, 11) is 3.61. The Labute approximate surface area is 158 Å². The summed E-state index contributed by atoms with van der Waals surface area (Å²) in [6.45, 7) is 6.62. The molecule has 3 fully saturated rings. The van der Waals surface area contributed by atoms with Crippen molar-refractivity contribution in [3.63, 3.8) is 0 Å². The van der Waals surface area contributed by atoms with Crippen LogP contribution in [0.5, 0.6) is 0 Å². The fraction of sp³-hybridized carbons (Fsp3) is 0.870. The summed E-state index contributed by atoms with van der Waals surface area (Å²) < 4.78 is 11.7. The highest BCUT2D eigenvalue weighted by molar-refractivity contribution is 5.86. The number of fused-ring (bicyclic) bond motifs is 5. The van der Waals surface area contributed by atoms with Gasteiger partial charge < -0.3 is 9.47 Å². The number of hydrogen-bond acceptors (Lipinski definition) is 3. The molecule has 4 aliphatic rings. The van der Waals surface area contributed by atoms with Crippen molar-refractivity contribution >= 4 is 5.78 Å². The molecule has 0 N–H and O–H groups in total. The molecule has 4 aliphatic carbocycles. The summed E-state index contributed by atoms with van der Waals surface area (Å²) in [6, 6.07) is 0. The van der Waals surface area contributed by atoms with Gasteiger partial charge in [0.15, 0.2) is 5.78 Å². The van der Waals surface area contributed by atoms with E-state index in [-0.39, 0.29) is 11.2 Å². The number of Topliss-reactive ketones (excluding diaryl/α,β-unsaturated/α-hetero) is 1. The zero-order valence-electron chi connectivity index (χ0n) is 17.3. The standard InChI is InChI=1S/C23H36O3/c1-15(24)23(26-5)13-10-20-18-7-6-16-14-17(25-4)8-11-21(16,2)19(18)9-12-22(20,23)3/h6,17-20H,7-14H2,1-5H3. The predicted molar refractivity (Wildman–Crippen MR) is 103 cm³/mol. The number of rotatable bonds is 3. The Hall–Kier alpha value is -0.670. The molecule has 0 radical (unpaired) electrons. The minimum atomic E-state index is -0.554. The molecule has 146 valence electrons. The van der Waals surface area contributed by atoms with E-state index in [0.717, 1.165) is 31.6 Å². The highest BCUT2D eigenvalue weighted by Crippen LogP contribution is 2.67. The van der Waals surface area contributed by atoms with Gasteiger partial charge in [0.25, 0.3) is 0 Å². The summed E-state index contributed by atoms with van der Waals surface area (Å²) in [5.74, 6) is 2.32. The minimum Gasteiger partial charge on any atom is -0.381 e. The Morgan fingerprint density at radius 3 is 2.46 bits per heavy atom. The maximum absolute atomic E-state index is 12.6. The van der Waals surface area contributed by atoms with Gasteiger partial charge >= 0.3 is 0 Å². The zero-order chi connectivity index (χ0) is 18.7. The highest BCUT2D eigenvalue weighted by Gasteiger charge is 2.66. The van der Waals surface area contributed by atoms with Crippen LogP contribution < -0.4 is 0 Å². The Kier molecular flexibility index (Phi) is 4.43. The quantitative estimate of drug-likeness (QED) is 0.669. The molecule has 0 amide bonds. The molecule has 0 spiro atoms. The summed E-state index contributed by atoms with van der Waals surface area (Å²) >= 11 is 0. The van der Waals surface area contributed by atoms with Crippen molar-refractivity contribution in [2.75, 3.05) is 14.2 Å². The third-order valence-electron chi connectivity index (χ3n) is 9.43. The van der Waals surface area contributed by atoms with Gasteiger partial charge in [0.1, 0.15) is 5.60 Å². The molecule has 0 aliphatic heterocycles. The number of methoxy groups -OCH3 is 2. The molecule has 3 heteroatoms. The maximum Gasteiger partial charge on any atom is 0.162 e. The Bertz CT molecular complexity index is 625. The van der Waals surface area contributed by atoms with Crippen molar-refractivity contribution in [2.45, 2.75) is 83.8 Å². The highest BCUT2D eigenvalue weighted by atomic mass is 16.5. The van der Waals surface area contributed by atoms with Crippen LogP contribution in [0.3, 0.4) is 0 Å². The molecule has 0 aromatic heterocycles. The number of carbonyl (C=O) groups excluding carboxylic acids is 1. The van der Waals surface area contributed by atoms with Gasteiger partial charge in [-0.1, -0.05) is 25.5 Å². The fourth-order valence-corrected chi connectivity index (χ4v) is 7.88. The first-order valence-corrected chi connectivity index (χ1v) is 10.6. The second-order valence-electron chi connectivity index (χ2n) is 9.94. The van der Waals surface area contributed by atoms with E-state index in [4.69, 9.17) is 9.47 Å². The minimum absolute atomic E-state index is 0.000184. The predicted octanol–water partition coefficient (Wildman–Crippen LogP) is 4.94. The second-order valence-corrected chi connectivity index (χ2v) is 9.94. The van der Waals surface area contributed by atoms with Crippen LogP contribution in [0, 0.1) is 28.6 Å². The Morgan fingerprint density at radius 1 is 1.08 bits per heavy atom. The molecule has 3 saturated carbocycles. The van der Waals surface area contributed by atoms with Gasteiger partial charge in [-0.3, -0.25) is 4.79 Å². The van der Waals surface area contributed by atoms with Crippen molar-refractivity contribution in [1.29, 1.82) is 0 Å². The molecule has 26 heavy (non-hydrogen) atoms. The van der Waals surface area contributed by atoms with Crippen LogP contribution in [-0.2, 0) is 14.3 Å². The van der Waals surface area contributed by atoms with Crippen LogP contribution in [0.1, 0.15) is 72.1 Å². The topological polar surface area (TPSA) is 35.5 Å². The van der Waals surface area contributed by atoms with Crippen molar-refractivity contribution in [2.24, 2.45) is 28.6 Å². The fourth-order valence-electron chi connectivity index (χ4n) is 7.88. The van der Waals surface area contributed by atoms with E-state index in [1.54, 1.807) is 19.6 Å². The lowest BCUT2D eigenvalue weighted by Crippen LogP contribution is -2.57. The van der Waals surface area contributed by atoms with Crippen LogP contribution in [0.4, 0.5) is 0 Å². The zero-order valence-corrected chi connectivity index (χ0v) is 17.3. The number of carbonyl (C=O) groups is 1. The average Bonchev–Trinajstić information content (AvgIpc) is 2.94. The normalized spacial score (nSPS) is 50.4. The van der Waals surface area contributed by atoms with E-state index >= 15 is 0 Å². The summed E-state index contributed by atoms with van der Waals surface area (Å²) in [5, 5.41) is 0. The van der Waals surface area contributed by atoms with Gasteiger partial charge in [0.05, 0.1) is 6.10 Å². The van der Waals surface area contributed by atoms with Crippen LogP contribution in [0.15, 0.2) is 11.6 Å². The maximum atomic E-state index is 12.6. The van der Waals surface area contributed by atoms with Crippen LogP contribution in [-0.4, -0.2) is 31.7 Å². The lowest BCUT2D eigenvalue weighted by atomic mass is 9.46. The van der Waals surface area contributed by atoms with Gasteiger partial charge in [-0.15, -0.1) is 0 Å². The third-order valence-corrected chi connectivity index (χ3v) is 9.43. The van der Waals surface area contributed by atoms with Gasteiger partial charge in [-0.2, -0.15) is 0 Å². The number of ketones is 1. The van der Waals surface area contributed by atoms with E-state index in [0.29, 0.717) is 23.4 Å². The lowest BCUT2D eigenvalue weighted by Gasteiger charge is -2.59. The molecular formula is C23H36O3. The van der Waals surface area contributed by atoms with E-state index in [1.165, 1.54) is 25.7 Å². The molecule has 3 nitrogen and oxygen atoms in total. The monoisotopic (exact) mass is 360 g/mol. The Balaban J connectivity index is 1.67. The van der Waals surface area contributed by atoms with E-state index < -0.39 is 5.60 Å². The first-order chi connectivity index (χ1) is 12.3. The SMILES string of the molecule is COC1CCC2(C)C(=CCC3C2CCC2(C)C3CCC2(OC)C(C)=O)C1. The molecular weight excluding hydrogens is 324 g/mol. The molecule has 0 heterocycles. The lowest BCUT2D eigenvalue weighted by molar-refractivity contribution is -0.167. The molecule has 0 bridgehead atoms. The van der Waals surface area contributed by atoms with Gasteiger partial charge in [-0.05, 0) is 81.5 Å². The van der Waals surface area contributed by atoms with Crippen molar-refractivity contribution in [1.82, 2.24) is 0 Å². The number of ether oxygens (including phenoxy) is 2. The summed E-state index contributed by atoms with van der Waals surface area (Å²) in [5.41, 5.74) is 1.44. The van der Waals surface area contributed by atoms with Crippen LogP contribution in [0.2, 0.25) is 0 Å². The molecule has 4 rings (SSSR count). The van der Waals surface area contributed by atoms with E-state index in [1.807, 2.05) is 7.11 Å². The Morgan fingerprint density at radius 2 is 1.81 bits per heavy atom. The number of allylic oxidation sites excluding steroid dienone is 1. The van der Waals surface area contributed by atoms with Crippen molar-refractivity contribution in [3.8, 4) is 0 Å². The second kappa shape index (κ2) is 6.17. The van der Waals surface area contributed by atoms with E-state index in [9.17, 15) is 4.79 Å². The smallest absolute Gasteiger partial charge is 0.162 e. The summed E-state index contributed by atoms with van der Waals surface area (Å²) in [6.07, 6.45) is 12.1. The number of hydrogen-bond donors (Lipinski definition) is 0.